The Kier molecular flexibility index (Phi) is 5.31. The van der Waals surface area contributed by atoms with Crippen molar-refractivity contribution < 1.29 is 4.79 Å². The Morgan fingerprint density at radius 2 is 1.88 bits per heavy atom. The van der Waals surface area contributed by atoms with Crippen LogP contribution in [0.1, 0.15) is 41.3 Å². The van der Waals surface area contributed by atoms with Gasteiger partial charge in [0.05, 0.1) is 0 Å². The van der Waals surface area contributed by atoms with E-state index in [2.05, 4.69) is 18.2 Å². The van der Waals surface area contributed by atoms with Crippen LogP contribution >= 0.6 is 0 Å². The Hall–Kier alpha value is -2.13. The Balaban J connectivity index is 1.80. The summed E-state index contributed by atoms with van der Waals surface area (Å²) in [5.41, 5.74) is 9.21. The van der Waals surface area contributed by atoms with Crippen LogP contribution in [0.2, 0.25) is 0 Å². The average Bonchev–Trinajstić information content (AvgIpc) is 2.62. The quantitative estimate of drug-likeness (QED) is 0.937. The number of hydrogen-bond acceptors (Lipinski definition) is 2. The van der Waals surface area contributed by atoms with E-state index in [4.69, 9.17) is 5.73 Å². The highest BCUT2D eigenvalue weighted by Crippen LogP contribution is 2.22. The first kappa shape index (κ1) is 16.7. The topological polar surface area (TPSA) is 46.3 Å². The summed E-state index contributed by atoms with van der Waals surface area (Å²) in [6.07, 6.45) is 2.94. The monoisotopic (exact) mass is 322 g/mol. The summed E-state index contributed by atoms with van der Waals surface area (Å²) in [5.74, 6) is 0.552. The standard InChI is InChI=1S/C21H26N2O/c1-16(22)19-11-7-13-23(15-19)21(24)20-12-6-5-10-18(20)14-17-8-3-2-4-9-17/h2-6,8-10,12,16,19H,7,11,13-15,22H2,1H3/t16-,19-/m0/s1. The molecule has 126 valence electrons. The van der Waals surface area contributed by atoms with Gasteiger partial charge in [0.25, 0.3) is 5.91 Å². The van der Waals surface area contributed by atoms with Gasteiger partial charge >= 0.3 is 0 Å². The van der Waals surface area contributed by atoms with E-state index >= 15 is 0 Å². The number of nitrogens with two attached hydrogens (primary N) is 1. The minimum atomic E-state index is 0.139. The van der Waals surface area contributed by atoms with Gasteiger partial charge in [0.1, 0.15) is 0 Å². The highest BCUT2D eigenvalue weighted by Gasteiger charge is 2.27. The van der Waals surface area contributed by atoms with Crippen molar-refractivity contribution in [2.24, 2.45) is 11.7 Å². The molecule has 0 bridgehead atoms. The molecule has 2 N–H and O–H groups in total. The van der Waals surface area contributed by atoms with Crippen molar-refractivity contribution in [1.82, 2.24) is 4.90 Å². The molecule has 1 saturated heterocycles. The number of hydrogen-bond donors (Lipinski definition) is 1. The van der Waals surface area contributed by atoms with E-state index in [0.717, 1.165) is 43.5 Å². The second kappa shape index (κ2) is 7.63. The molecule has 3 nitrogen and oxygen atoms in total. The molecule has 2 aromatic rings. The Labute approximate surface area is 144 Å². The fourth-order valence-electron chi connectivity index (χ4n) is 3.49. The first-order chi connectivity index (χ1) is 11.6. The van der Waals surface area contributed by atoms with Crippen molar-refractivity contribution in [3.63, 3.8) is 0 Å². The van der Waals surface area contributed by atoms with E-state index in [1.165, 1.54) is 5.56 Å². The molecule has 2 atom stereocenters. The fraction of sp³-hybridized carbons (Fsp3) is 0.381. The first-order valence-corrected chi connectivity index (χ1v) is 8.82. The van der Waals surface area contributed by atoms with Gasteiger partial charge in [-0.05, 0) is 49.3 Å². The number of piperidine rings is 1. The van der Waals surface area contributed by atoms with Crippen LogP contribution in [0.3, 0.4) is 0 Å². The molecule has 0 saturated carbocycles. The van der Waals surface area contributed by atoms with Crippen molar-refractivity contribution in [3.05, 3.63) is 71.3 Å². The molecule has 0 radical (unpaired) electrons. The third-order valence-corrected chi connectivity index (χ3v) is 4.97. The van der Waals surface area contributed by atoms with Crippen LogP contribution in [-0.4, -0.2) is 29.9 Å². The van der Waals surface area contributed by atoms with Gasteiger partial charge in [-0.3, -0.25) is 4.79 Å². The molecular formula is C21H26N2O. The minimum absolute atomic E-state index is 0.139. The number of nitrogens with zero attached hydrogens (tertiary/aromatic N) is 1. The second-order valence-corrected chi connectivity index (χ2v) is 6.83. The number of carbonyl (C=O) groups excluding carboxylic acids is 1. The zero-order valence-electron chi connectivity index (χ0n) is 14.3. The van der Waals surface area contributed by atoms with Crippen LogP contribution in [-0.2, 0) is 6.42 Å². The largest absolute Gasteiger partial charge is 0.338 e. The van der Waals surface area contributed by atoms with E-state index < -0.39 is 0 Å². The number of amides is 1. The van der Waals surface area contributed by atoms with Gasteiger partial charge in [0.15, 0.2) is 0 Å². The molecule has 1 fully saturated rings. The fourth-order valence-corrected chi connectivity index (χ4v) is 3.49. The van der Waals surface area contributed by atoms with Crippen LogP contribution in [0.15, 0.2) is 54.6 Å². The molecule has 2 aromatic carbocycles. The zero-order valence-corrected chi connectivity index (χ0v) is 14.3. The molecule has 1 aliphatic rings. The van der Waals surface area contributed by atoms with Crippen LogP contribution in [0, 0.1) is 5.92 Å². The van der Waals surface area contributed by atoms with Crippen LogP contribution < -0.4 is 5.73 Å². The Bertz CT molecular complexity index is 681. The van der Waals surface area contributed by atoms with E-state index in [9.17, 15) is 4.79 Å². The summed E-state index contributed by atoms with van der Waals surface area (Å²) in [5, 5.41) is 0. The summed E-state index contributed by atoms with van der Waals surface area (Å²) in [4.78, 5) is 15.1. The Morgan fingerprint density at radius 1 is 1.17 bits per heavy atom. The summed E-state index contributed by atoms with van der Waals surface area (Å²) in [6.45, 7) is 3.65. The molecule has 1 aliphatic heterocycles. The lowest BCUT2D eigenvalue weighted by Crippen LogP contribution is -2.45. The molecule has 3 rings (SSSR count). The molecule has 1 heterocycles. The number of carbonyl (C=O) groups is 1. The summed E-state index contributed by atoms with van der Waals surface area (Å²) in [6, 6.07) is 18.4. The predicted octanol–water partition coefficient (Wildman–Crippen LogP) is 3.48. The van der Waals surface area contributed by atoms with E-state index in [1.807, 2.05) is 48.2 Å². The molecule has 3 heteroatoms. The van der Waals surface area contributed by atoms with Gasteiger partial charge in [-0.2, -0.15) is 0 Å². The molecule has 0 aromatic heterocycles. The van der Waals surface area contributed by atoms with Crippen molar-refractivity contribution >= 4 is 5.91 Å². The van der Waals surface area contributed by atoms with Gasteiger partial charge in [-0.1, -0.05) is 48.5 Å². The molecule has 0 spiro atoms. The highest BCUT2D eigenvalue weighted by molar-refractivity contribution is 5.95. The third-order valence-electron chi connectivity index (χ3n) is 4.97. The van der Waals surface area contributed by atoms with Crippen LogP contribution in [0.5, 0.6) is 0 Å². The van der Waals surface area contributed by atoms with Crippen molar-refractivity contribution in [3.8, 4) is 0 Å². The molecule has 0 aliphatic carbocycles. The van der Waals surface area contributed by atoms with Crippen molar-refractivity contribution in [1.29, 1.82) is 0 Å². The first-order valence-electron chi connectivity index (χ1n) is 8.82. The predicted molar refractivity (Wildman–Crippen MR) is 98.0 cm³/mol. The van der Waals surface area contributed by atoms with Crippen LogP contribution in [0.4, 0.5) is 0 Å². The van der Waals surface area contributed by atoms with Crippen LogP contribution in [0.25, 0.3) is 0 Å². The van der Waals surface area contributed by atoms with Gasteiger partial charge in [0, 0.05) is 24.7 Å². The van der Waals surface area contributed by atoms with E-state index in [-0.39, 0.29) is 11.9 Å². The molecule has 0 unspecified atom stereocenters. The average molecular weight is 322 g/mol. The van der Waals surface area contributed by atoms with Crippen molar-refractivity contribution in [2.45, 2.75) is 32.2 Å². The smallest absolute Gasteiger partial charge is 0.254 e. The number of likely N-dealkylation sites (tertiary alicyclic amines) is 1. The normalized spacial score (nSPS) is 19.1. The number of benzene rings is 2. The van der Waals surface area contributed by atoms with Gasteiger partial charge in [-0.25, -0.2) is 0 Å². The van der Waals surface area contributed by atoms with Gasteiger partial charge in [0.2, 0.25) is 0 Å². The lowest BCUT2D eigenvalue weighted by Gasteiger charge is -2.35. The maximum Gasteiger partial charge on any atom is 0.254 e. The third kappa shape index (κ3) is 3.85. The lowest BCUT2D eigenvalue weighted by molar-refractivity contribution is 0.0660. The summed E-state index contributed by atoms with van der Waals surface area (Å²) in [7, 11) is 0. The summed E-state index contributed by atoms with van der Waals surface area (Å²) >= 11 is 0. The number of rotatable bonds is 4. The van der Waals surface area contributed by atoms with Gasteiger partial charge in [-0.15, -0.1) is 0 Å². The SMILES string of the molecule is C[C@H](N)[C@H]1CCCN(C(=O)c2ccccc2Cc2ccccc2)C1. The Morgan fingerprint density at radius 3 is 2.62 bits per heavy atom. The van der Waals surface area contributed by atoms with Gasteiger partial charge < -0.3 is 10.6 Å². The summed E-state index contributed by atoms with van der Waals surface area (Å²) < 4.78 is 0. The zero-order chi connectivity index (χ0) is 16.9. The molecule has 24 heavy (non-hydrogen) atoms. The maximum absolute atomic E-state index is 13.1. The maximum atomic E-state index is 13.1. The van der Waals surface area contributed by atoms with E-state index in [1.54, 1.807) is 0 Å². The molecular weight excluding hydrogens is 296 g/mol. The minimum Gasteiger partial charge on any atom is -0.338 e. The van der Waals surface area contributed by atoms with Crippen molar-refractivity contribution in [2.75, 3.05) is 13.1 Å². The highest BCUT2D eigenvalue weighted by atomic mass is 16.2. The van der Waals surface area contributed by atoms with E-state index in [0.29, 0.717) is 5.92 Å². The lowest BCUT2D eigenvalue weighted by atomic mass is 9.91. The molecule has 1 amide bonds. The second-order valence-electron chi connectivity index (χ2n) is 6.83.